The summed E-state index contributed by atoms with van der Waals surface area (Å²) in [6.07, 6.45) is 0. The van der Waals surface area contributed by atoms with E-state index in [1.165, 1.54) is 24.3 Å². The number of carbonyl (C=O) groups is 2. The molecule has 0 radical (unpaired) electrons. The Morgan fingerprint density at radius 1 is 1.07 bits per heavy atom. The summed E-state index contributed by atoms with van der Waals surface area (Å²) in [5, 5.41) is 31.2. The Labute approximate surface area is 162 Å². The van der Waals surface area contributed by atoms with Crippen molar-refractivity contribution >= 4 is 17.6 Å². The van der Waals surface area contributed by atoms with Crippen molar-refractivity contribution < 1.29 is 24.7 Å². The van der Waals surface area contributed by atoms with Gasteiger partial charge in [0.1, 0.15) is 0 Å². The fourth-order valence-corrected chi connectivity index (χ4v) is 4.38. The zero-order chi connectivity index (χ0) is 21.4. The number of nitro benzene ring substituents is 1. The van der Waals surface area contributed by atoms with Gasteiger partial charge in [-0.1, -0.05) is 26.0 Å². The molecule has 1 aromatic carbocycles. The molecule has 1 aromatic rings. The number of nitro groups is 1. The van der Waals surface area contributed by atoms with E-state index in [1.807, 2.05) is 6.92 Å². The van der Waals surface area contributed by atoms with E-state index in [1.54, 1.807) is 32.6 Å². The van der Waals surface area contributed by atoms with Crippen LogP contribution in [0.25, 0.3) is 0 Å². The maximum atomic E-state index is 12.4. The van der Waals surface area contributed by atoms with Crippen LogP contribution in [0.15, 0.2) is 46.8 Å². The van der Waals surface area contributed by atoms with E-state index < -0.39 is 28.2 Å². The second-order valence-corrected chi connectivity index (χ2v) is 7.04. The first-order valence-electron chi connectivity index (χ1n) is 8.93. The molecule has 1 aliphatic rings. The summed E-state index contributed by atoms with van der Waals surface area (Å²) in [5.41, 5.74) is -0.329. The smallest absolute Gasteiger partial charge is 0.334 e. The molecule has 0 fully saturated rings. The normalized spacial score (nSPS) is 16.6. The van der Waals surface area contributed by atoms with Gasteiger partial charge in [-0.2, -0.15) is 0 Å². The van der Waals surface area contributed by atoms with Crippen LogP contribution in [-0.4, -0.2) is 38.5 Å². The molecule has 8 nitrogen and oxygen atoms in total. The second-order valence-electron chi connectivity index (χ2n) is 7.04. The maximum absolute atomic E-state index is 12.4. The molecule has 0 spiro atoms. The molecule has 0 atom stereocenters. The summed E-state index contributed by atoms with van der Waals surface area (Å²) in [5.74, 6) is -2.86. The monoisotopic (exact) mass is 388 g/mol. The van der Waals surface area contributed by atoms with Gasteiger partial charge in [-0.05, 0) is 32.3 Å². The molecule has 0 saturated carbocycles. The summed E-state index contributed by atoms with van der Waals surface area (Å²) in [7, 11) is 0. The van der Waals surface area contributed by atoms with Gasteiger partial charge in [0.05, 0.1) is 21.5 Å². The highest BCUT2D eigenvalue weighted by Gasteiger charge is 2.53. The van der Waals surface area contributed by atoms with E-state index in [0.29, 0.717) is 23.5 Å². The Morgan fingerprint density at radius 3 is 1.79 bits per heavy atom. The summed E-state index contributed by atoms with van der Waals surface area (Å²) in [4.78, 5) is 36.9. The molecule has 150 valence electrons. The number of carboxylic acid groups (broad SMARTS) is 2. The fourth-order valence-electron chi connectivity index (χ4n) is 4.38. The highest BCUT2D eigenvalue weighted by atomic mass is 16.6. The molecular formula is C20H24N2O6. The van der Waals surface area contributed by atoms with Crippen molar-refractivity contribution in [3.63, 3.8) is 0 Å². The molecule has 1 heterocycles. The lowest BCUT2D eigenvalue weighted by Crippen LogP contribution is -2.48. The first-order chi connectivity index (χ1) is 13.0. The molecule has 1 aliphatic heterocycles. The van der Waals surface area contributed by atoms with Gasteiger partial charge in [0.15, 0.2) is 0 Å². The molecule has 2 rings (SSSR count). The van der Waals surface area contributed by atoms with Gasteiger partial charge in [-0.15, -0.1) is 0 Å². The van der Waals surface area contributed by atoms with Crippen LogP contribution in [0.1, 0.15) is 40.2 Å². The molecule has 0 aliphatic carbocycles. The Bertz CT molecular complexity index is 858. The van der Waals surface area contributed by atoms with Crippen molar-refractivity contribution in [3.8, 4) is 0 Å². The number of rotatable bonds is 6. The Morgan fingerprint density at radius 2 is 1.50 bits per heavy atom. The Balaban J connectivity index is 3.01. The number of hydrogen-bond donors (Lipinski definition) is 2. The van der Waals surface area contributed by atoms with Gasteiger partial charge in [-0.25, -0.2) is 9.59 Å². The first-order valence-corrected chi connectivity index (χ1v) is 8.93. The van der Waals surface area contributed by atoms with Gasteiger partial charge < -0.3 is 15.1 Å². The number of nitrogens with zero attached hydrogens (tertiary/aromatic N) is 2. The minimum Gasteiger partial charge on any atom is -0.478 e. The highest BCUT2D eigenvalue weighted by molar-refractivity contribution is 6.00. The minimum absolute atomic E-state index is 0.0267. The highest BCUT2D eigenvalue weighted by Crippen LogP contribution is 2.51. The van der Waals surface area contributed by atoms with Crippen LogP contribution in [0.3, 0.4) is 0 Å². The SMILES string of the molecule is CCN1C(C)=C(C(=O)O)C(c2ccc([N+](=O)[O-])cc2)(C(C)C)C(C(=O)O)=C1C. The largest absolute Gasteiger partial charge is 0.478 e. The first kappa shape index (κ1) is 21.1. The molecule has 0 amide bonds. The number of aliphatic carboxylic acids is 2. The fraction of sp³-hybridized carbons (Fsp3) is 0.400. The lowest BCUT2D eigenvalue weighted by Gasteiger charge is -2.47. The number of hydrogen-bond acceptors (Lipinski definition) is 5. The number of benzene rings is 1. The third-order valence-electron chi connectivity index (χ3n) is 5.47. The van der Waals surface area contributed by atoms with E-state index in [2.05, 4.69) is 0 Å². The predicted molar refractivity (Wildman–Crippen MR) is 103 cm³/mol. The van der Waals surface area contributed by atoms with E-state index in [4.69, 9.17) is 0 Å². The van der Waals surface area contributed by atoms with Crippen LogP contribution < -0.4 is 0 Å². The average molecular weight is 388 g/mol. The third kappa shape index (κ3) is 2.94. The maximum Gasteiger partial charge on any atom is 0.334 e. The predicted octanol–water partition coefficient (Wildman–Crippen LogP) is 3.54. The van der Waals surface area contributed by atoms with E-state index in [9.17, 15) is 29.9 Å². The lowest BCUT2D eigenvalue weighted by molar-refractivity contribution is -0.384. The van der Waals surface area contributed by atoms with Gasteiger partial charge in [0, 0.05) is 30.1 Å². The van der Waals surface area contributed by atoms with Crippen LogP contribution in [0.4, 0.5) is 5.69 Å². The van der Waals surface area contributed by atoms with Crippen molar-refractivity contribution in [1.82, 2.24) is 4.90 Å². The van der Waals surface area contributed by atoms with Crippen LogP contribution in [0.2, 0.25) is 0 Å². The summed E-state index contributed by atoms with van der Waals surface area (Å²) >= 11 is 0. The Kier molecular flexibility index (Phi) is 5.63. The number of non-ortho nitro benzene ring substituents is 1. The molecule has 0 saturated heterocycles. The van der Waals surface area contributed by atoms with Crippen molar-refractivity contribution in [3.05, 3.63) is 62.5 Å². The quantitative estimate of drug-likeness (QED) is 0.565. The lowest BCUT2D eigenvalue weighted by atomic mass is 9.59. The molecule has 0 unspecified atom stereocenters. The van der Waals surface area contributed by atoms with Crippen molar-refractivity contribution in [2.75, 3.05) is 6.54 Å². The number of carboxylic acids is 2. The van der Waals surface area contributed by atoms with Crippen LogP contribution in [0, 0.1) is 16.0 Å². The van der Waals surface area contributed by atoms with Gasteiger partial charge >= 0.3 is 11.9 Å². The van der Waals surface area contributed by atoms with E-state index in [-0.39, 0.29) is 16.8 Å². The topological polar surface area (TPSA) is 121 Å². The third-order valence-corrected chi connectivity index (χ3v) is 5.47. The van der Waals surface area contributed by atoms with Crippen LogP contribution in [-0.2, 0) is 15.0 Å². The molecule has 28 heavy (non-hydrogen) atoms. The zero-order valence-corrected chi connectivity index (χ0v) is 16.5. The summed E-state index contributed by atoms with van der Waals surface area (Å²) in [6.45, 7) is 9.08. The van der Waals surface area contributed by atoms with E-state index in [0.717, 1.165) is 0 Å². The number of allylic oxidation sites excluding steroid dienone is 2. The Hall–Kier alpha value is -3.16. The van der Waals surface area contributed by atoms with Gasteiger partial charge in [0.25, 0.3) is 5.69 Å². The van der Waals surface area contributed by atoms with Crippen molar-refractivity contribution in [1.29, 1.82) is 0 Å². The average Bonchev–Trinajstić information content (AvgIpc) is 2.60. The summed E-state index contributed by atoms with van der Waals surface area (Å²) < 4.78 is 0. The van der Waals surface area contributed by atoms with Crippen LogP contribution >= 0.6 is 0 Å². The molecule has 2 N–H and O–H groups in total. The molecular weight excluding hydrogens is 364 g/mol. The van der Waals surface area contributed by atoms with E-state index >= 15 is 0 Å². The van der Waals surface area contributed by atoms with Crippen LogP contribution in [0.5, 0.6) is 0 Å². The van der Waals surface area contributed by atoms with Gasteiger partial charge in [0.2, 0.25) is 0 Å². The zero-order valence-electron chi connectivity index (χ0n) is 16.5. The summed E-state index contributed by atoms with van der Waals surface area (Å²) in [6, 6.07) is 5.45. The van der Waals surface area contributed by atoms with Gasteiger partial charge in [-0.3, -0.25) is 10.1 Å². The minimum atomic E-state index is -1.45. The van der Waals surface area contributed by atoms with Crippen molar-refractivity contribution in [2.45, 2.75) is 40.0 Å². The molecule has 0 bridgehead atoms. The molecule has 0 aromatic heterocycles. The molecule has 8 heteroatoms. The second kappa shape index (κ2) is 7.46. The van der Waals surface area contributed by atoms with Crippen molar-refractivity contribution in [2.24, 2.45) is 5.92 Å². The standard InChI is InChI=1S/C20H24N2O6/c1-6-21-12(4)16(18(23)24)20(11(2)3,17(13(21)5)19(25)26)14-7-9-15(10-8-14)22(27)28/h7-11H,6H2,1-5H3,(H,23,24)(H,25,26).